The molecule has 8 nitrogen and oxygen atoms in total. The maximum absolute atomic E-state index is 14.5. The number of piperidine rings is 1. The predicted molar refractivity (Wildman–Crippen MR) is 118 cm³/mol. The molecular formula is C24H24F2N4O4. The summed E-state index contributed by atoms with van der Waals surface area (Å²) in [6.45, 7) is 1.64. The molecule has 2 fully saturated rings. The Morgan fingerprint density at radius 3 is 2.50 bits per heavy atom. The monoisotopic (exact) mass is 470 g/mol. The quantitative estimate of drug-likeness (QED) is 0.583. The van der Waals surface area contributed by atoms with Gasteiger partial charge in [0.15, 0.2) is 0 Å². The summed E-state index contributed by atoms with van der Waals surface area (Å²) < 4.78 is 35.9. The highest BCUT2D eigenvalue weighted by atomic mass is 19.1. The first-order chi connectivity index (χ1) is 16.4. The molecule has 0 atom stereocenters. The third-order valence-corrected chi connectivity index (χ3v) is 6.78. The van der Waals surface area contributed by atoms with Crippen LogP contribution >= 0.6 is 0 Å². The topological polar surface area (TPSA) is 97.6 Å². The van der Waals surface area contributed by atoms with Crippen LogP contribution in [0.15, 0.2) is 30.6 Å². The number of likely N-dealkylation sites (tertiary alicyclic amines) is 1. The molecule has 10 heteroatoms. The van der Waals surface area contributed by atoms with Crippen molar-refractivity contribution in [2.45, 2.75) is 38.1 Å². The van der Waals surface area contributed by atoms with Gasteiger partial charge in [0.1, 0.15) is 11.6 Å². The first kappa shape index (κ1) is 22.2. The number of nitrogens with zero attached hydrogens (tertiary/aromatic N) is 4. The number of amides is 1. The Bertz CT molecular complexity index is 1250. The van der Waals surface area contributed by atoms with Gasteiger partial charge in [-0.1, -0.05) is 6.42 Å². The van der Waals surface area contributed by atoms with Crippen LogP contribution in [0.2, 0.25) is 0 Å². The molecule has 3 heterocycles. The van der Waals surface area contributed by atoms with E-state index in [0.29, 0.717) is 49.9 Å². The summed E-state index contributed by atoms with van der Waals surface area (Å²) >= 11 is 0. The summed E-state index contributed by atoms with van der Waals surface area (Å²) in [5.74, 6) is -2.92. The van der Waals surface area contributed by atoms with Gasteiger partial charge in [0, 0.05) is 24.0 Å². The number of carboxylic acids is 1. The summed E-state index contributed by atoms with van der Waals surface area (Å²) in [6.07, 6.45) is 7.84. The van der Waals surface area contributed by atoms with E-state index in [1.165, 1.54) is 6.42 Å². The maximum Gasteiger partial charge on any atom is 0.409 e. The Balaban J connectivity index is 1.29. The minimum absolute atomic E-state index is 0.0739. The van der Waals surface area contributed by atoms with Crippen LogP contribution in [0.4, 0.5) is 13.6 Å². The number of carbonyl (C=O) groups is 2. The molecule has 3 aromatic rings. The van der Waals surface area contributed by atoms with Crippen LogP contribution in [0.3, 0.4) is 0 Å². The first-order valence-electron chi connectivity index (χ1n) is 11.4. The van der Waals surface area contributed by atoms with Crippen LogP contribution in [0.25, 0.3) is 22.2 Å². The van der Waals surface area contributed by atoms with Gasteiger partial charge in [0.05, 0.1) is 41.8 Å². The minimum Gasteiger partial charge on any atom is -0.478 e. The van der Waals surface area contributed by atoms with Crippen LogP contribution in [-0.4, -0.2) is 56.5 Å². The summed E-state index contributed by atoms with van der Waals surface area (Å²) in [5.41, 5.74) is 0.0847. The molecule has 1 aromatic carbocycles. The second kappa shape index (κ2) is 9.00. The number of fused-ring (bicyclic) bond motifs is 1. The Morgan fingerprint density at radius 1 is 1.06 bits per heavy atom. The molecule has 34 heavy (non-hydrogen) atoms. The Kier molecular flexibility index (Phi) is 5.89. The van der Waals surface area contributed by atoms with E-state index in [1.54, 1.807) is 23.4 Å². The highest BCUT2D eigenvalue weighted by molar-refractivity contribution is 5.89. The van der Waals surface area contributed by atoms with Crippen LogP contribution in [0, 0.1) is 17.6 Å². The number of carbonyl (C=O) groups excluding carboxylic acids is 1. The molecule has 1 aliphatic carbocycles. The molecule has 1 saturated heterocycles. The second-order valence-corrected chi connectivity index (χ2v) is 8.93. The number of aromatic nitrogens is 3. The van der Waals surface area contributed by atoms with Crippen molar-refractivity contribution in [2.24, 2.45) is 5.92 Å². The summed E-state index contributed by atoms with van der Waals surface area (Å²) in [6, 6.07) is 3.18. The standard InChI is InChI=1S/C24H24F2N4O4/c25-19-10-18(23(31)32)20(26)9-17(19)21-8-15-11-28-30(22(15)12-27-21)16-4-6-29(7-5-16)24(33)34-13-14-2-1-3-14/h8-12,14,16H,1-7,13H2,(H,31,32). The number of benzene rings is 1. The minimum atomic E-state index is -1.54. The molecule has 5 rings (SSSR count). The normalized spacial score (nSPS) is 17.1. The molecule has 2 aliphatic rings. The fourth-order valence-corrected chi connectivity index (χ4v) is 4.52. The van der Waals surface area contributed by atoms with E-state index in [4.69, 9.17) is 9.84 Å². The SMILES string of the molecule is O=C(O)c1cc(F)c(-c2cc3cnn(C4CCN(C(=O)OCC5CCC5)CC4)c3cn2)cc1F. The van der Waals surface area contributed by atoms with Crippen LogP contribution in [0.1, 0.15) is 48.5 Å². The predicted octanol–water partition coefficient (Wildman–Crippen LogP) is 4.65. The first-order valence-corrected chi connectivity index (χ1v) is 11.4. The average Bonchev–Trinajstić information content (AvgIpc) is 3.22. The lowest BCUT2D eigenvalue weighted by Crippen LogP contribution is -2.40. The van der Waals surface area contributed by atoms with Crippen molar-refractivity contribution < 1.29 is 28.2 Å². The lowest BCUT2D eigenvalue weighted by atomic mass is 9.86. The van der Waals surface area contributed by atoms with Gasteiger partial charge in [-0.05, 0) is 49.8 Å². The van der Waals surface area contributed by atoms with Crippen molar-refractivity contribution in [1.82, 2.24) is 19.7 Å². The Morgan fingerprint density at radius 2 is 1.82 bits per heavy atom. The molecule has 0 radical (unpaired) electrons. The number of pyridine rings is 1. The number of hydrogen-bond acceptors (Lipinski definition) is 5. The van der Waals surface area contributed by atoms with E-state index in [0.717, 1.165) is 24.4 Å². The van der Waals surface area contributed by atoms with Crippen LogP contribution in [-0.2, 0) is 4.74 Å². The summed E-state index contributed by atoms with van der Waals surface area (Å²) in [4.78, 5) is 29.3. The Labute approximate surface area is 194 Å². The fourth-order valence-electron chi connectivity index (χ4n) is 4.52. The van der Waals surface area contributed by atoms with E-state index < -0.39 is 23.2 Å². The molecule has 1 aliphatic heterocycles. The number of aromatic carboxylic acids is 1. The van der Waals surface area contributed by atoms with Crippen molar-refractivity contribution in [2.75, 3.05) is 19.7 Å². The van der Waals surface area contributed by atoms with Gasteiger partial charge in [-0.3, -0.25) is 9.67 Å². The van der Waals surface area contributed by atoms with Gasteiger partial charge in [0.2, 0.25) is 0 Å². The molecular weight excluding hydrogens is 446 g/mol. The smallest absolute Gasteiger partial charge is 0.409 e. The zero-order valence-corrected chi connectivity index (χ0v) is 18.4. The number of ether oxygens (including phenoxy) is 1. The zero-order valence-electron chi connectivity index (χ0n) is 18.4. The van der Waals surface area contributed by atoms with Gasteiger partial charge in [-0.15, -0.1) is 0 Å². The van der Waals surface area contributed by atoms with Crippen LogP contribution < -0.4 is 0 Å². The largest absolute Gasteiger partial charge is 0.478 e. The van der Waals surface area contributed by atoms with Gasteiger partial charge < -0.3 is 14.7 Å². The zero-order chi connectivity index (χ0) is 23.8. The molecule has 0 bridgehead atoms. The van der Waals surface area contributed by atoms with E-state index in [2.05, 4.69) is 10.1 Å². The highest BCUT2D eigenvalue weighted by Crippen LogP contribution is 2.31. The van der Waals surface area contributed by atoms with E-state index in [-0.39, 0.29) is 23.4 Å². The lowest BCUT2D eigenvalue weighted by molar-refractivity contribution is 0.0621. The Hall–Kier alpha value is -3.56. The van der Waals surface area contributed by atoms with Crippen molar-refractivity contribution in [3.63, 3.8) is 0 Å². The lowest BCUT2D eigenvalue weighted by Gasteiger charge is -2.32. The van der Waals surface area contributed by atoms with E-state index >= 15 is 0 Å². The molecule has 0 unspecified atom stereocenters. The average molecular weight is 470 g/mol. The molecule has 1 N–H and O–H groups in total. The van der Waals surface area contributed by atoms with Gasteiger partial charge in [0.25, 0.3) is 0 Å². The fraction of sp³-hybridized carbons (Fsp3) is 0.417. The van der Waals surface area contributed by atoms with Gasteiger partial charge >= 0.3 is 12.1 Å². The molecule has 1 saturated carbocycles. The van der Waals surface area contributed by atoms with E-state index in [9.17, 15) is 18.4 Å². The summed E-state index contributed by atoms with van der Waals surface area (Å²) in [5, 5.41) is 14.1. The highest BCUT2D eigenvalue weighted by Gasteiger charge is 2.28. The molecule has 2 aromatic heterocycles. The van der Waals surface area contributed by atoms with Crippen molar-refractivity contribution in [3.8, 4) is 11.3 Å². The van der Waals surface area contributed by atoms with E-state index in [1.807, 2.05) is 4.68 Å². The van der Waals surface area contributed by atoms with Gasteiger partial charge in [-0.25, -0.2) is 18.4 Å². The van der Waals surface area contributed by atoms with Crippen LogP contribution in [0.5, 0.6) is 0 Å². The molecule has 1 amide bonds. The van der Waals surface area contributed by atoms with Gasteiger partial charge in [-0.2, -0.15) is 5.10 Å². The number of hydrogen-bond donors (Lipinski definition) is 1. The van der Waals surface area contributed by atoms with Crippen molar-refractivity contribution >= 4 is 23.0 Å². The number of rotatable bonds is 5. The van der Waals surface area contributed by atoms with Crippen molar-refractivity contribution in [3.05, 3.63) is 47.8 Å². The summed E-state index contributed by atoms with van der Waals surface area (Å²) in [7, 11) is 0. The third-order valence-electron chi connectivity index (χ3n) is 6.78. The molecule has 178 valence electrons. The third kappa shape index (κ3) is 4.20. The molecule has 0 spiro atoms. The second-order valence-electron chi connectivity index (χ2n) is 8.93. The number of carboxylic acid groups (broad SMARTS) is 1. The maximum atomic E-state index is 14.5. The number of halogens is 2. The van der Waals surface area contributed by atoms with Crippen molar-refractivity contribution in [1.29, 1.82) is 0 Å².